The molecule has 2 rings (SSSR count). The van der Waals surface area contributed by atoms with E-state index in [4.69, 9.17) is 31.9 Å². The van der Waals surface area contributed by atoms with Crippen molar-refractivity contribution in [1.82, 2.24) is 10.6 Å². The summed E-state index contributed by atoms with van der Waals surface area (Å²) in [6.07, 6.45) is -0.932. The first kappa shape index (κ1) is 21.3. The average Bonchev–Trinajstić information content (AvgIpc) is 2.68. The maximum atomic E-state index is 11.9. The van der Waals surface area contributed by atoms with Gasteiger partial charge in [-0.05, 0) is 36.2 Å². The van der Waals surface area contributed by atoms with Crippen molar-refractivity contribution in [3.8, 4) is 17.2 Å². The van der Waals surface area contributed by atoms with E-state index >= 15 is 0 Å². The van der Waals surface area contributed by atoms with Gasteiger partial charge >= 0.3 is 6.09 Å². The number of hydrogen-bond acceptors (Lipinski definition) is 5. The molecule has 0 bridgehead atoms. The molecule has 1 atom stereocenters. The van der Waals surface area contributed by atoms with E-state index < -0.39 is 12.1 Å². The van der Waals surface area contributed by atoms with Crippen LogP contribution in [0.1, 0.15) is 12.0 Å². The Labute approximate surface area is 167 Å². The second-order valence-electron chi connectivity index (χ2n) is 5.89. The topological polar surface area (TPSA) is 123 Å². The minimum absolute atomic E-state index is 0.115. The van der Waals surface area contributed by atoms with Crippen molar-refractivity contribution >= 4 is 23.6 Å². The van der Waals surface area contributed by atoms with Crippen LogP contribution in [-0.4, -0.2) is 36.8 Å². The summed E-state index contributed by atoms with van der Waals surface area (Å²) < 4.78 is 10.8. The number of methoxy groups -OCH3 is 1. The summed E-state index contributed by atoms with van der Waals surface area (Å²) in [5, 5.41) is 13.8. The van der Waals surface area contributed by atoms with Crippen LogP contribution in [0.25, 0.3) is 0 Å². The van der Waals surface area contributed by atoms with E-state index in [1.807, 2.05) is 12.1 Å². The third-order valence-corrected chi connectivity index (χ3v) is 4.12. The molecule has 0 heterocycles. The van der Waals surface area contributed by atoms with Crippen LogP contribution in [0.2, 0.25) is 5.02 Å². The minimum Gasteiger partial charge on any atom is -0.497 e. The summed E-state index contributed by atoms with van der Waals surface area (Å²) in [6.45, 7) is 0.409. The zero-order chi connectivity index (χ0) is 20.5. The highest BCUT2D eigenvalue weighted by Crippen LogP contribution is 2.32. The van der Waals surface area contributed by atoms with Gasteiger partial charge in [-0.15, -0.1) is 0 Å². The molecule has 0 aliphatic carbocycles. The molecule has 0 aliphatic rings. The van der Waals surface area contributed by atoms with E-state index in [0.29, 0.717) is 28.8 Å². The highest BCUT2D eigenvalue weighted by Gasteiger charge is 2.13. The van der Waals surface area contributed by atoms with Gasteiger partial charge in [0.05, 0.1) is 18.2 Å². The van der Waals surface area contributed by atoms with Crippen LogP contribution in [-0.2, 0) is 11.3 Å². The quantitative estimate of drug-likeness (QED) is 0.507. The predicted octanol–water partition coefficient (Wildman–Crippen LogP) is 2.74. The summed E-state index contributed by atoms with van der Waals surface area (Å²) in [5.74, 6) is 1.39. The first-order valence-corrected chi connectivity index (χ1v) is 8.87. The maximum absolute atomic E-state index is 11.9. The van der Waals surface area contributed by atoms with Crippen molar-refractivity contribution in [3.63, 3.8) is 0 Å². The number of benzene rings is 2. The van der Waals surface area contributed by atoms with E-state index in [2.05, 4.69) is 10.6 Å². The fraction of sp³-hybridized carbons (Fsp3) is 0.263. The van der Waals surface area contributed by atoms with E-state index in [1.165, 1.54) is 0 Å². The van der Waals surface area contributed by atoms with Crippen molar-refractivity contribution in [2.75, 3.05) is 13.7 Å². The third kappa shape index (κ3) is 6.64. The Morgan fingerprint density at radius 1 is 1.14 bits per heavy atom. The standard InChI is InChI=1S/C19H22ClN3O5/c1-27-14-6-7-17(15(20)10-14)28-13-4-2-12(3-5-13)11-23-18(24)16(21)8-9-22-19(25)26/h2-7,10,16,22H,8-9,11,21H2,1H3,(H,23,24)(H,25,26). The lowest BCUT2D eigenvalue weighted by molar-refractivity contribution is -0.122. The zero-order valence-electron chi connectivity index (χ0n) is 15.3. The molecule has 8 nitrogen and oxygen atoms in total. The molecule has 0 aliphatic heterocycles. The summed E-state index contributed by atoms with van der Waals surface area (Å²) in [6, 6.07) is 11.5. The van der Waals surface area contributed by atoms with Gasteiger partial charge in [-0.2, -0.15) is 0 Å². The number of nitrogens with two attached hydrogens (primary N) is 1. The smallest absolute Gasteiger partial charge is 0.404 e. The van der Waals surface area contributed by atoms with Crippen molar-refractivity contribution < 1.29 is 24.2 Å². The molecule has 0 radical (unpaired) electrons. The lowest BCUT2D eigenvalue weighted by atomic mass is 10.2. The second kappa shape index (κ2) is 10.4. The predicted molar refractivity (Wildman–Crippen MR) is 105 cm³/mol. The fourth-order valence-corrected chi connectivity index (χ4v) is 2.49. The molecule has 1 unspecified atom stereocenters. The van der Waals surface area contributed by atoms with Crippen molar-refractivity contribution in [1.29, 1.82) is 0 Å². The van der Waals surface area contributed by atoms with E-state index in [9.17, 15) is 9.59 Å². The molecular weight excluding hydrogens is 386 g/mol. The maximum Gasteiger partial charge on any atom is 0.404 e. The highest BCUT2D eigenvalue weighted by molar-refractivity contribution is 6.32. The van der Waals surface area contributed by atoms with Crippen molar-refractivity contribution in [2.24, 2.45) is 5.73 Å². The van der Waals surface area contributed by atoms with Crippen molar-refractivity contribution in [3.05, 3.63) is 53.1 Å². The number of carbonyl (C=O) groups excluding carboxylic acids is 1. The normalized spacial score (nSPS) is 11.4. The van der Waals surface area contributed by atoms with Gasteiger partial charge in [0.1, 0.15) is 17.2 Å². The SMILES string of the molecule is COc1ccc(Oc2ccc(CNC(=O)C(N)CCNC(=O)O)cc2)c(Cl)c1. The Hall–Kier alpha value is -2.97. The number of rotatable bonds is 9. The Balaban J connectivity index is 1.84. The molecule has 5 N–H and O–H groups in total. The van der Waals surface area contributed by atoms with E-state index in [0.717, 1.165) is 5.56 Å². The lowest BCUT2D eigenvalue weighted by Gasteiger charge is -2.13. The Morgan fingerprint density at radius 2 is 1.82 bits per heavy atom. The van der Waals surface area contributed by atoms with Crippen LogP contribution in [0.4, 0.5) is 4.79 Å². The monoisotopic (exact) mass is 407 g/mol. The molecule has 2 aromatic rings. The number of ether oxygens (including phenoxy) is 2. The summed E-state index contributed by atoms with van der Waals surface area (Å²) in [7, 11) is 1.56. The molecule has 0 fully saturated rings. The molecular formula is C19H22ClN3O5. The Kier molecular flexibility index (Phi) is 7.91. The number of amides is 2. The van der Waals surface area contributed by atoms with Crippen LogP contribution >= 0.6 is 11.6 Å². The Morgan fingerprint density at radius 3 is 2.43 bits per heavy atom. The molecule has 9 heteroatoms. The number of halogens is 1. The molecule has 150 valence electrons. The zero-order valence-corrected chi connectivity index (χ0v) is 16.0. The van der Waals surface area contributed by atoms with E-state index in [1.54, 1.807) is 37.4 Å². The van der Waals surface area contributed by atoms with Crippen LogP contribution in [0.5, 0.6) is 17.2 Å². The van der Waals surface area contributed by atoms with Crippen molar-refractivity contribution in [2.45, 2.75) is 19.0 Å². The van der Waals surface area contributed by atoms with Gasteiger partial charge < -0.3 is 30.9 Å². The van der Waals surface area contributed by atoms with Gasteiger partial charge in [-0.25, -0.2) is 4.79 Å². The Bertz CT molecular complexity index is 814. The summed E-state index contributed by atoms with van der Waals surface area (Å²) in [4.78, 5) is 22.3. The summed E-state index contributed by atoms with van der Waals surface area (Å²) >= 11 is 6.16. The van der Waals surface area contributed by atoms with Crippen LogP contribution in [0.15, 0.2) is 42.5 Å². The van der Waals surface area contributed by atoms with Crippen LogP contribution in [0.3, 0.4) is 0 Å². The second-order valence-corrected chi connectivity index (χ2v) is 6.29. The molecule has 0 spiro atoms. The van der Waals surface area contributed by atoms with Crippen LogP contribution in [0, 0.1) is 0 Å². The molecule has 0 saturated heterocycles. The van der Waals surface area contributed by atoms with Gasteiger partial charge in [0.2, 0.25) is 5.91 Å². The third-order valence-electron chi connectivity index (χ3n) is 3.83. The van der Waals surface area contributed by atoms with Crippen LogP contribution < -0.4 is 25.8 Å². The highest BCUT2D eigenvalue weighted by atomic mass is 35.5. The number of hydrogen-bond donors (Lipinski definition) is 4. The number of carboxylic acid groups (broad SMARTS) is 1. The largest absolute Gasteiger partial charge is 0.497 e. The molecule has 2 aromatic carbocycles. The van der Waals surface area contributed by atoms with Gasteiger partial charge in [-0.3, -0.25) is 4.79 Å². The van der Waals surface area contributed by atoms with Gasteiger partial charge in [0.15, 0.2) is 0 Å². The minimum atomic E-state index is -1.15. The first-order chi connectivity index (χ1) is 13.4. The van der Waals surface area contributed by atoms with Gasteiger partial charge in [0.25, 0.3) is 0 Å². The molecule has 2 amide bonds. The average molecular weight is 408 g/mol. The molecule has 0 aromatic heterocycles. The van der Waals surface area contributed by atoms with Gasteiger partial charge in [-0.1, -0.05) is 23.7 Å². The fourth-order valence-electron chi connectivity index (χ4n) is 2.28. The number of carbonyl (C=O) groups is 2. The molecule has 28 heavy (non-hydrogen) atoms. The first-order valence-electron chi connectivity index (χ1n) is 8.49. The lowest BCUT2D eigenvalue weighted by Crippen LogP contribution is -2.42. The van der Waals surface area contributed by atoms with E-state index in [-0.39, 0.29) is 18.9 Å². The van der Waals surface area contributed by atoms with Gasteiger partial charge in [0, 0.05) is 19.2 Å². The summed E-state index contributed by atoms with van der Waals surface area (Å²) in [5.41, 5.74) is 6.58. The number of nitrogens with one attached hydrogen (secondary N) is 2. The molecule has 0 saturated carbocycles.